The standard InChI is InChI=1S/C30H28ClN5O4/c31-22-12-10-20(11-13-22)17-35(28(37)18-36-25-9-5-4-8-24(25)33-34-36)29(21-6-2-1-3-7-21)30(38)32-23-14-15-26-27(16-23)40-19-39-26/h1-2,4-5,8-16,21,29H,3,6-7,17-19H2,(H,32,38)/t21-,29+/m1/s1. The second kappa shape index (κ2) is 11.4. The number of nitrogens with one attached hydrogen (secondary N) is 1. The Labute approximate surface area is 236 Å². The number of allylic oxidation sites excluding steroid dienone is 2. The van der Waals surface area contributed by atoms with Gasteiger partial charge in [0.25, 0.3) is 0 Å². The van der Waals surface area contributed by atoms with Gasteiger partial charge in [0.1, 0.15) is 18.1 Å². The molecule has 4 aromatic rings. The maximum atomic E-state index is 14.1. The average molecular weight is 558 g/mol. The smallest absolute Gasteiger partial charge is 0.247 e. The zero-order valence-corrected chi connectivity index (χ0v) is 22.5. The van der Waals surface area contributed by atoms with Crippen molar-refractivity contribution in [3.8, 4) is 11.5 Å². The second-order valence-corrected chi connectivity index (χ2v) is 10.4. The largest absolute Gasteiger partial charge is 0.454 e. The van der Waals surface area contributed by atoms with Crippen LogP contribution >= 0.6 is 11.6 Å². The highest BCUT2D eigenvalue weighted by molar-refractivity contribution is 6.30. The second-order valence-electron chi connectivity index (χ2n) is 9.93. The highest BCUT2D eigenvalue weighted by Crippen LogP contribution is 2.35. The van der Waals surface area contributed by atoms with Gasteiger partial charge in [0, 0.05) is 23.3 Å². The Kier molecular flexibility index (Phi) is 7.37. The lowest BCUT2D eigenvalue weighted by Crippen LogP contribution is -2.52. The summed E-state index contributed by atoms with van der Waals surface area (Å²) in [7, 11) is 0. The predicted molar refractivity (Wildman–Crippen MR) is 151 cm³/mol. The molecule has 0 fully saturated rings. The van der Waals surface area contributed by atoms with Crippen molar-refractivity contribution in [2.75, 3.05) is 12.1 Å². The fraction of sp³-hybridized carbons (Fsp3) is 0.267. The molecule has 0 saturated carbocycles. The van der Waals surface area contributed by atoms with E-state index >= 15 is 0 Å². The van der Waals surface area contributed by atoms with Crippen LogP contribution in [0.3, 0.4) is 0 Å². The number of ether oxygens (including phenoxy) is 2. The summed E-state index contributed by atoms with van der Waals surface area (Å²) in [6.07, 6.45) is 6.53. The Morgan fingerprint density at radius 3 is 2.70 bits per heavy atom. The first-order valence-corrected chi connectivity index (χ1v) is 13.6. The minimum Gasteiger partial charge on any atom is -0.454 e. The topological polar surface area (TPSA) is 98.6 Å². The monoisotopic (exact) mass is 557 g/mol. The van der Waals surface area contributed by atoms with Gasteiger partial charge in [-0.1, -0.05) is 53.2 Å². The van der Waals surface area contributed by atoms with Crippen molar-refractivity contribution in [3.05, 3.63) is 89.5 Å². The number of hydrogen-bond donors (Lipinski definition) is 1. The zero-order chi connectivity index (χ0) is 27.5. The van der Waals surface area contributed by atoms with Gasteiger partial charge in [0.05, 0.1) is 5.52 Å². The van der Waals surface area contributed by atoms with Crippen molar-refractivity contribution in [3.63, 3.8) is 0 Å². The predicted octanol–water partition coefficient (Wildman–Crippen LogP) is 5.21. The van der Waals surface area contributed by atoms with Crippen molar-refractivity contribution < 1.29 is 19.1 Å². The van der Waals surface area contributed by atoms with Crippen LogP contribution in [0.15, 0.2) is 78.9 Å². The molecule has 10 heteroatoms. The minimum absolute atomic E-state index is 0.0511. The summed E-state index contributed by atoms with van der Waals surface area (Å²) in [6.45, 7) is 0.330. The van der Waals surface area contributed by atoms with Crippen LogP contribution in [0.1, 0.15) is 24.8 Å². The molecule has 2 amide bonds. The molecule has 2 aliphatic rings. The summed E-state index contributed by atoms with van der Waals surface area (Å²) in [4.78, 5) is 29.8. The first-order chi connectivity index (χ1) is 19.5. The normalized spacial score (nSPS) is 16.6. The first kappa shape index (κ1) is 25.9. The average Bonchev–Trinajstić information content (AvgIpc) is 3.61. The molecule has 6 rings (SSSR count). The number of benzene rings is 3. The van der Waals surface area contributed by atoms with Crippen LogP contribution in [0, 0.1) is 5.92 Å². The van der Waals surface area contributed by atoms with E-state index in [-0.39, 0.29) is 37.6 Å². The molecule has 1 aliphatic heterocycles. The van der Waals surface area contributed by atoms with Crippen LogP contribution in [0.4, 0.5) is 5.69 Å². The molecular weight excluding hydrogens is 530 g/mol. The number of rotatable bonds is 8. The summed E-state index contributed by atoms with van der Waals surface area (Å²) in [5, 5.41) is 12.1. The van der Waals surface area contributed by atoms with Gasteiger partial charge in [-0.3, -0.25) is 9.59 Å². The van der Waals surface area contributed by atoms with Crippen molar-refractivity contribution in [2.24, 2.45) is 5.92 Å². The molecule has 0 saturated heterocycles. The molecule has 1 aliphatic carbocycles. The maximum absolute atomic E-state index is 14.1. The Balaban J connectivity index is 1.34. The number of para-hydroxylation sites is 1. The molecule has 0 bridgehead atoms. The van der Waals surface area contributed by atoms with Gasteiger partial charge in [0.15, 0.2) is 11.5 Å². The number of halogens is 1. The molecule has 0 unspecified atom stereocenters. The number of carbonyl (C=O) groups is 2. The van der Waals surface area contributed by atoms with Gasteiger partial charge in [-0.15, -0.1) is 5.10 Å². The molecule has 0 spiro atoms. The third-order valence-electron chi connectivity index (χ3n) is 7.29. The number of carbonyl (C=O) groups excluding carboxylic acids is 2. The van der Waals surface area contributed by atoms with Gasteiger partial charge >= 0.3 is 0 Å². The Morgan fingerprint density at radius 2 is 1.88 bits per heavy atom. The molecular formula is C30H28ClN5O4. The summed E-state index contributed by atoms with van der Waals surface area (Å²) in [6, 6.07) is 19.4. The molecule has 9 nitrogen and oxygen atoms in total. The van der Waals surface area contributed by atoms with Crippen LogP contribution < -0.4 is 14.8 Å². The zero-order valence-electron chi connectivity index (χ0n) is 21.7. The van der Waals surface area contributed by atoms with E-state index in [0.717, 1.165) is 23.9 Å². The molecule has 40 heavy (non-hydrogen) atoms. The first-order valence-electron chi connectivity index (χ1n) is 13.2. The maximum Gasteiger partial charge on any atom is 0.247 e. The highest BCUT2D eigenvalue weighted by Gasteiger charge is 2.37. The van der Waals surface area contributed by atoms with Crippen LogP contribution in [0.2, 0.25) is 5.02 Å². The molecule has 3 aromatic carbocycles. The van der Waals surface area contributed by atoms with Crippen LogP contribution in [-0.4, -0.2) is 44.5 Å². The fourth-order valence-corrected chi connectivity index (χ4v) is 5.41. The van der Waals surface area contributed by atoms with Crippen LogP contribution in [0.25, 0.3) is 11.0 Å². The Bertz CT molecular complexity index is 1570. The van der Waals surface area contributed by atoms with Crippen LogP contribution in [-0.2, 0) is 22.7 Å². The molecule has 2 atom stereocenters. The summed E-state index contributed by atoms with van der Waals surface area (Å²) in [5.74, 6) is 0.646. The number of fused-ring (bicyclic) bond motifs is 2. The summed E-state index contributed by atoms with van der Waals surface area (Å²) < 4.78 is 12.5. The van der Waals surface area contributed by atoms with E-state index in [2.05, 4.69) is 27.8 Å². The van der Waals surface area contributed by atoms with E-state index in [1.54, 1.807) is 39.9 Å². The van der Waals surface area contributed by atoms with E-state index in [0.29, 0.717) is 34.1 Å². The van der Waals surface area contributed by atoms with E-state index in [4.69, 9.17) is 21.1 Å². The van der Waals surface area contributed by atoms with Crippen molar-refractivity contribution in [1.82, 2.24) is 19.9 Å². The highest BCUT2D eigenvalue weighted by atomic mass is 35.5. The summed E-state index contributed by atoms with van der Waals surface area (Å²) in [5.41, 5.74) is 2.90. The van der Waals surface area contributed by atoms with E-state index in [1.165, 1.54) is 0 Å². The third-order valence-corrected chi connectivity index (χ3v) is 7.54. The number of amides is 2. The van der Waals surface area contributed by atoms with Gasteiger partial charge in [0.2, 0.25) is 18.6 Å². The molecule has 1 N–H and O–H groups in total. The van der Waals surface area contributed by atoms with Crippen molar-refractivity contribution in [2.45, 2.75) is 38.4 Å². The lowest BCUT2D eigenvalue weighted by atomic mass is 9.85. The van der Waals surface area contributed by atoms with E-state index in [1.807, 2.05) is 36.4 Å². The minimum atomic E-state index is -0.728. The Hall–Kier alpha value is -4.37. The van der Waals surface area contributed by atoms with Gasteiger partial charge in [-0.2, -0.15) is 0 Å². The number of anilines is 1. The van der Waals surface area contributed by atoms with Crippen molar-refractivity contribution >= 4 is 40.1 Å². The quantitative estimate of drug-likeness (QED) is 0.299. The van der Waals surface area contributed by atoms with Gasteiger partial charge in [-0.05, 0) is 67.1 Å². The number of nitrogens with zero attached hydrogens (tertiary/aromatic N) is 4. The molecule has 204 valence electrons. The lowest BCUT2D eigenvalue weighted by molar-refractivity contribution is -0.142. The molecule has 0 radical (unpaired) electrons. The SMILES string of the molecule is O=C(Nc1ccc2c(c1)OCO2)[C@H]([C@@H]1CC=CCC1)N(Cc1ccc(Cl)cc1)C(=O)Cn1nnc2ccccc21. The third kappa shape index (κ3) is 5.51. The molecule has 1 aromatic heterocycles. The van der Waals surface area contributed by atoms with Gasteiger partial charge < -0.3 is 19.7 Å². The summed E-state index contributed by atoms with van der Waals surface area (Å²) >= 11 is 6.14. The number of aromatic nitrogens is 3. The lowest BCUT2D eigenvalue weighted by Gasteiger charge is -2.37. The van der Waals surface area contributed by atoms with E-state index in [9.17, 15) is 9.59 Å². The van der Waals surface area contributed by atoms with Crippen LogP contribution in [0.5, 0.6) is 11.5 Å². The Morgan fingerprint density at radius 1 is 1.05 bits per heavy atom. The molecule has 2 heterocycles. The van der Waals surface area contributed by atoms with Crippen molar-refractivity contribution in [1.29, 1.82) is 0 Å². The van der Waals surface area contributed by atoms with E-state index < -0.39 is 6.04 Å². The van der Waals surface area contributed by atoms with Gasteiger partial charge in [-0.25, -0.2) is 4.68 Å². The number of hydrogen-bond acceptors (Lipinski definition) is 6. The fourth-order valence-electron chi connectivity index (χ4n) is 5.29.